The normalized spacial score (nSPS) is 12.1. The zero-order valence-electron chi connectivity index (χ0n) is 10.5. The van der Waals surface area contributed by atoms with Crippen LogP contribution < -0.4 is 4.80 Å². The topological polar surface area (TPSA) is 17.3 Å². The zero-order chi connectivity index (χ0) is 14.1. The lowest BCUT2D eigenvalue weighted by Gasteiger charge is -1.99. The van der Waals surface area contributed by atoms with Gasteiger partial charge in [-0.25, -0.2) is 4.99 Å². The van der Waals surface area contributed by atoms with E-state index in [-0.39, 0.29) is 0 Å². The predicted molar refractivity (Wildman–Crippen MR) is 93.7 cm³/mol. The van der Waals surface area contributed by atoms with Crippen LogP contribution in [0.4, 0.5) is 5.69 Å². The molecule has 0 saturated carbocycles. The Morgan fingerprint density at radius 1 is 1.05 bits per heavy atom. The summed E-state index contributed by atoms with van der Waals surface area (Å²) in [6.45, 7) is 0. The third-order valence-electron chi connectivity index (χ3n) is 2.80. The fraction of sp³-hybridized carbons (Fsp3) is 0.0714. The van der Waals surface area contributed by atoms with Crippen LogP contribution >= 0.6 is 54.5 Å². The van der Waals surface area contributed by atoms with E-state index in [1.165, 1.54) is 10.6 Å². The van der Waals surface area contributed by atoms with Crippen LogP contribution in [0.2, 0.25) is 0 Å². The summed E-state index contributed by atoms with van der Waals surface area (Å²) in [6.07, 6.45) is 0. The number of hydrogen-bond acceptors (Lipinski definition) is 3. The van der Waals surface area contributed by atoms with Crippen molar-refractivity contribution in [3.8, 4) is 10.6 Å². The molecule has 0 spiro atoms. The molecular formula is C14H10Br2N2S2. The highest BCUT2D eigenvalue weighted by atomic mass is 79.9. The first-order chi connectivity index (χ1) is 9.63. The molecule has 2 nitrogen and oxygen atoms in total. The average Bonchev–Trinajstić information content (AvgIpc) is 3.00. The van der Waals surface area contributed by atoms with Gasteiger partial charge in [-0.15, -0.1) is 22.7 Å². The average molecular weight is 430 g/mol. The Kier molecular flexibility index (Phi) is 4.26. The summed E-state index contributed by atoms with van der Waals surface area (Å²) >= 11 is 10.3. The van der Waals surface area contributed by atoms with Crippen LogP contribution in [0.5, 0.6) is 0 Å². The summed E-state index contributed by atoms with van der Waals surface area (Å²) < 4.78 is 4.34. The second-order valence-corrected chi connectivity index (χ2v) is 8.37. The minimum Gasteiger partial charge on any atom is -0.319 e. The first-order valence-corrected chi connectivity index (χ1v) is 9.12. The summed E-state index contributed by atoms with van der Waals surface area (Å²) in [5, 5.41) is 2.15. The van der Waals surface area contributed by atoms with Crippen LogP contribution in [-0.2, 0) is 7.05 Å². The maximum absolute atomic E-state index is 4.69. The zero-order valence-corrected chi connectivity index (χ0v) is 15.3. The predicted octanol–water partition coefficient (Wildman–Crippen LogP) is 5.57. The van der Waals surface area contributed by atoms with Gasteiger partial charge in [0.05, 0.1) is 20.0 Å². The van der Waals surface area contributed by atoms with Crippen LogP contribution in [0.15, 0.2) is 55.0 Å². The quantitative estimate of drug-likeness (QED) is 0.506. The second kappa shape index (κ2) is 5.97. The van der Waals surface area contributed by atoms with Crippen molar-refractivity contribution in [2.24, 2.45) is 12.0 Å². The molecule has 102 valence electrons. The van der Waals surface area contributed by atoms with Crippen LogP contribution in [0.25, 0.3) is 10.6 Å². The molecule has 0 atom stereocenters. The van der Waals surface area contributed by atoms with Crippen LogP contribution in [-0.4, -0.2) is 4.57 Å². The molecule has 1 aromatic carbocycles. The molecule has 3 aromatic rings. The van der Waals surface area contributed by atoms with Gasteiger partial charge >= 0.3 is 0 Å². The van der Waals surface area contributed by atoms with Crippen LogP contribution in [0.3, 0.4) is 0 Å². The number of hydrogen-bond donors (Lipinski definition) is 0. The Balaban J connectivity index is 2.04. The van der Waals surface area contributed by atoms with Gasteiger partial charge in [-0.3, -0.25) is 0 Å². The van der Waals surface area contributed by atoms with Crippen molar-refractivity contribution in [3.05, 3.63) is 54.8 Å². The largest absolute Gasteiger partial charge is 0.319 e. The van der Waals surface area contributed by atoms with E-state index in [9.17, 15) is 0 Å². The molecular weight excluding hydrogens is 420 g/mol. The Labute approximate surface area is 141 Å². The minimum atomic E-state index is 0.963. The standard InChI is InChI=1S/C14H10Br2N2S2/c1-18-11(12-6-7-13(16)20-12)8-19-14(18)17-10-4-2-9(15)3-5-10/h2-8H,1H3. The fourth-order valence-corrected chi connectivity index (χ4v) is 4.47. The molecule has 0 amide bonds. The van der Waals surface area contributed by atoms with Crippen LogP contribution in [0, 0.1) is 0 Å². The van der Waals surface area contributed by atoms with E-state index in [1.807, 2.05) is 24.3 Å². The second-order valence-electron chi connectivity index (χ2n) is 4.15. The Hall–Kier alpha value is -0.690. The number of thiophene rings is 1. The molecule has 2 heterocycles. The smallest absolute Gasteiger partial charge is 0.190 e. The monoisotopic (exact) mass is 428 g/mol. The van der Waals surface area contributed by atoms with Gasteiger partial charge in [0, 0.05) is 16.9 Å². The van der Waals surface area contributed by atoms with Gasteiger partial charge in [-0.05, 0) is 52.3 Å². The summed E-state index contributed by atoms with van der Waals surface area (Å²) in [6, 6.07) is 12.2. The highest BCUT2D eigenvalue weighted by Gasteiger charge is 2.07. The molecule has 0 fully saturated rings. The highest BCUT2D eigenvalue weighted by molar-refractivity contribution is 9.11. The van der Waals surface area contributed by atoms with E-state index < -0.39 is 0 Å². The van der Waals surface area contributed by atoms with E-state index >= 15 is 0 Å². The first kappa shape index (κ1) is 14.3. The van der Waals surface area contributed by atoms with Gasteiger partial charge in [0.1, 0.15) is 0 Å². The molecule has 20 heavy (non-hydrogen) atoms. The minimum absolute atomic E-state index is 0.963. The maximum Gasteiger partial charge on any atom is 0.190 e. The number of benzene rings is 1. The van der Waals surface area contributed by atoms with Gasteiger partial charge < -0.3 is 4.57 Å². The van der Waals surface area contributed by atoms with Crippen molar-refractivity contribution in [3.63, 3.8) is 0 Å². The fourth-order valence-electron chi connectivity index (χ4n) is 1.77. The molecule has 2 aromatic heterocycles. The summed E-state index contributed by atoms with van der Waals surface area (Å²) in [5.41, 5.74) is 2.16. The lowest BCUT2D eigenvalue weighted by atomic mass is 10.3. The van der Waals surface area contributed by atoms with Gasteiger partial charge in [0.15, 0.2) is 4.80 Å². The molecule has 0 aliphatic rings. The molecule has 0 aliphatic carbocycles. The number of thiazole rings is 1. The van der Waals surface area contributed by atoms with Gasteiger partial charge in [-0.2, -0.15) is 0 Å². The van der Waals surface area contributed by atoms with E-state index in [4.69, 9.17) is 0 Å². The van der Waals surface area contributed by atoms with E-state index in [1.54, 1.807) is 22.7 Å². The molecule has 0 radical (unpaired) electrons. The summed E-state index contributed by atoms with van der Waals surface area (Å²) in [5.74, 6) is 0. The lowest BCUT2D eigenvalue weighted by Crippen LogP contribution is -2.10. The molecule has 0 aliphatic heterocycles. The number of nitrogens with zero attached hydrogens (tertiary/aromatic N) is 2. The van der Waals surface area contributed by atoms with Crippen molar-refractivity contribution in [2.45, 2.75) is 0 Å². The molecule has 0 N–H and O–H groups in total. The third-order valence-corrected chi connectivity index (χ3v) is 5.89. The number of halogens is 2. The Morgan fingerprint density at radius 2 is 1.80 bits per heavy atom. The summed E-state index contributed by atoms with van der Waals surface area (Å²) in [4.78, 5) is 6.92. The third kappa shape index (κ3) is 2.98. The SMILES string of the molecule is Cn1c(-c2ccc(Br)s2)csc1=Nc1ccc(Br)cc1. The van der Waals surface area contributed by atoms with E-state index in [2.05, 4.69) is 66.0 Å². The van der Waals surface area contributed by atoms with Crippen molar-refractivity contribution < 1.29 is 0 Å². The van der Waals surface area contributed by atoms with E-state index in [0.717, 1.165) is 18.7 Å². The van der Waals surface area contributed by atoms with Gasteiger partial charge in [-0.1, -0.05) is 15.9 Å². The molecule has 0 unspecified atom stereocenters. The molecule has 0 bridgehead atoms. The van der Waals surface area contributed by atoms with E-state index in [0.29, 0.717) is 0 Å². The molecule has 0 saturated heterocycles. The van der Waals surface area contributed by atoms with Crippen molar-refractivity contribution in [1.29, 1.82) is 0 Å². The first-order valence-electron chi connectivity index (χ1n) is 5.84. The van der Waals surface area contributed by atoms with Gasteiger partial charge in [0.2, 0.25) is 0 Å². The Morgan fingerprint density at radius 3 is 2.45 bits per heavy atom. The van der Waals surface area contributed by atoms with Crippen molar-refractivity contribution >= 4 is 60.2 Å². The van der Waals surface area contributed by atoms with Crippen molar-refractivity contribution in [1.82, 2.24) is 4.57 Å². The molecule has 6 heteroatoms. The van der Waals surface area contributed by atoms with Crippen molar-refractivity contribution in [2.75, 3.05) is 0 Å². The number of aromatic nitrogens is 1. The lowest BCUT2D eigenvalue weighted by molar-refractivity contribution is 0.885. The summed E-state index contributed by atoms with van der Waals surface area (Å²) in [7, 11) is 2.05. The highest BCUT2D eigenvalue weighted by Crippen LogP contribution is 2.31. The molecule has 3 rings (SSSR count). The maximum atomic E-state index is 4.69. The number of rotatable bonds is 2. The van der Waals surface area contributed by atoms with Gasteiger partial charge in [0.25, 0.3) is 0 Å². The Bertz CT molecular complexity index is 797. The van der Waals surface area contributed by atoms with Crippen LogP contribution in [0.1, 0.15) is 0 Å².